The third kappa shape index (κ3) is 3.75. The maximum Gasteiger partial charge on any atom is 0.412 e. The molecule has 22 heavy (non-hydrogen) atoms. The van der Waals surface area contributed by atoms with E-state index in [0.717, 1.165) is 0 Å². The van der Waals surface area contributed by atoms with E-state index in [2.05, 4.69) is 10.6 Å². The van der Waals surface area contributed by atoms with E-state index in [0.29, 0.717) is 16.8 Å². The van der Waals surface area contributed by atoms with Crippen LogP contribution in [0.3, 0.4) is 0 Å². The molecule has 0 saturated carbocycles. The molecule has 118 valence electrons. The molecule has 1 heterocycles. The summed E-state index contributed by atoms with van der Waals surface area (Å²) in [5.41, 5.74) is 0.776. The van der Waals surface area contributed by atoms with Crippen LogP contribution in [0.4, 0.5) is 10.5 Å². The van der Waals surface area contributed by atoms with Crippen LogP contribution in [0.15, 0.2) is 18.2 Å². The van der Waals surface area contributed by atoms with Crippen molar-refractivity contribution in [2.45, 2.75) is 38.8 Å². The van der Waals surface area contributed by atoms with Crippen molar-refractivity contribution in [3.63, 3.8) is 0 Å². The molecule has 0 aliphatic carbocycles. The molecule has 1 atom stereocenters. The molecule has 3 N–H and O–H groups in total. The summed E-state index contributed by atoms with van der Waals surface area (Å²) in [5, 5.41) is 13.9. The van der Waals surface area contributed by atoms with E-state index in [1.807, 2.05) is 0 Å². The van der Waals surface area contributed by atoms with Gasteiger partial charge in [-0.2, -0.15) is 0 Å². The Morgan fingerprint density at radius 1 is 1.36 bits per heavy atom. The maximum absolute atomic E-state index is 11.9. The number of anilines is 1. The van der Waals surface area contributed by atoms with Gasteiger partial charge in [-0.05, 0) is 38.5 Å². The first kappa shape index (κ1) is 15.8. The molecule has 1 aliphatic rings. The van der Waals surface area contributed by atoms with E-state index in [1.54, 1.807) is 32.9 Å². The smallest absolute Gasteiger partial charge is 0.412 e. The van der Waals surface area contributed by atoms with Crippen molar-refractivity contribution in [1.82, 2.24) is 5.32 Å². The summed E-state index contributed by atoms with van der Waals surface area (Å²) in [6.07, 6.45) is -0.407. The standard InChI is InChI=1S/C15H18N2O5/c1-15(2,3)22-14(21)16-9-5-4-8-6-11(13(19)20)17-12(18)10(8)7-9/h4-5,7,11H,6H2,1-3H3,(H,16,21)(H,17,18)(H,19,20)/t11-/m0/s1. The van der Waals surface area contributed by atoms with Gasteiger partial charge in [-0.3, -0.25) is 10.1 Å². The van der Waals surface area contributed by atoms with Crippen LogP contribution in [0.25, 0.3) is 0 Å². The molecule has 2 rings (SSSR count). The molecule has 1 aliphatic heterocycles. The number of carboxylic acid groups (broad SMARTS) is 1. The van der Waals surface area contributed by atoms with Crippen LogP contribution in [0, 0.1) is 0 Å². The molecule has 1 aromatic rings. The van der Waals surface area contributed by atoms with Crippen LogP contribution in [0.1, 0.15) is 36.7 Å². The minimum absolute atomic E-state index is 0.211. The Bertz CT molecular complexity index is 633. The highest BCUT2D eigenvalue weighted by Gasteiger charge is 2.29. The fourth-order valence-electron chi connectivity index (χ4n) is 2.12. The second-order valence-electron chi connectivity index (χ2n) is 6.07. The average Bonchev–Trinajstić information content (AvgIpc) is 2.36. The zero-order chi connectivity index (χ0) is 16.5. The van der Waals surface area contributed by atoms with Gasteiger partial charge in [0.15, 0.2) is 0 Å². The van der Waals surface area contributed by atoms with Crippen LogP contribution in [0.5, 0.6) is 0 Å². The van der Waals surface area contributed by atoms with Gasteiger partial charge in [0.2, 0.25) is 0 Å². The molecular weight excluding hydrogens is 288 g/mol. The summed E-state index contributed by atoms with van der Waals surface area (Å²) in [5.74, 6) is -1.54. The highest BCUT2D eigenvalue weighted by Crippen LogP contribution is 2.22. The summed E-state index contributed by atoms with van der Waals surface area (Å²) in [6.45, 7) is 5.25. The van der Waals surface area contributed by atoms with Crippen molar-refractivity contribution in [2.75, 3.05) is 5.32 Å². The van der Waals surface area contributed by atoms with Gasteiger partial charge in [-0.1, -0.05) is 6.07 Å². The summed E-state index contributed by atoms with van der Waals surface area (Å²) in [4.78, 5) is 34.6. The second-order valence-corrected chi connectivity index (χ2v) is 6.07. The molecule has 1 aromatic carbocycles. The summed E-state index contributed by atoms with van der Waals surface area (Å²) >= 11 is 0. The summed E-state index contributed by atoms with van der Waals surface area (Å²) < 4.78 is 5.13. The maximum atomic E-state index is 11.9. The molecule has 0 radical (unpaired) electrons. The number of carboxylic acids is 1. The fourth-order valence-corrected chi connectivity index (χ4v) is 2.12. The Kier molecular flexibility index (Phi) is 4.07. The molecule has 0 fully saturated rings. The molecule has 0 spiro atoms. The van der Waals surface area contributed by atoms with Gasteiger partial charge >= 0.3 is 12.1 Å². The minimum atomic E-state index is -1.07. The van der Waals surface area contributed by atoms with E-state index in [4.69, 9.17) is 9.84 Å². The van der Waals surface area contributed by atoms with E-state index in [-0.39, 0.29) is 6.42 Å². The number of aliphatic carboxylic acids is 1. The van der Waals surface area contributed by atoms with E-state index in [9.17, 15) is 14.4 Å². The van der Waals surface area contributed by atoms with Crippen molar-refractivity contribution in [3.8, 4) is 0 Å². The van der Waals surface area contributed by atoms with Crippen molar-refractivity contribution in [3.05, 3.63) is 29.3 Å². The van der Waals surface area contributed by atoms with Crippen LogP contribution in [0.2, 0.25) is 0 Å². The second kappa shape index (κ2) is 5.67. The van der Waals surface area contributed by atoms with E-state index >= 15 is 0 Å². The highest BCUT2D eigenvalue weighted by atomic mass is 16.6. The molecule has 0 unspecified atom stereocenters. The third-order valence-corrected chi connectivity index (χ3v) is 3.03. The van der Waals surface area contributed by atoms with E-state index in [1.165, 1.54) is 6.07 Å². The van der Waals surface area contributed by atoms with Crippen molar-refractivity contribution >= 4 is 23.7 Å². The lowest BCUT2D eigenvalue weighted by Crippen LogP contribution is -2.46. The number of rotatable bonds is 2. The predicted octanol–water partition coefficient (Wildman–Crippen LogP) is 1.77. The first-order valence-corrected chi connectivity index (χ1v) is 6.82. The molecule has 0 saturated heterocycles. The van der Waals surface area contributed by atoms with Gasteiger partial charge in [-0.25, -0.2) is 9.59 Å². The first-order chi connectivity index (χ1) is 10.2. The summed E-state index contributed by atoms with van der Waals surface area (Å²) in [7, 11) is 0. The summed E-state index contributed by atoms with van der Waals surface area (Å²) in [6, 6.07) is 3.83. The Hall–Kier alpha value is -2.57. The molecular formula is C15H18N2O5. The predicted molar refractivity (Wildman–Crippen MR) is 78.9 cm³/mol. The Balaban J connectivity index is 2.16. The number of ether oxygens (including phenoxy) is 1. The lowest BCUT2D eigenvalue weighted by Gasteiger charge is -2.23. The normalized spacial score (nSPS) is 17.2. The Morgan fingerprint density at radius 2 is 2.05 bits per heavy atom. The first-order valence-electron chi connectivity index (χ1n) is 6.82. The van der Waals surface area contributed by atoms with Crippen LogP contribution >= 0.6 is 0 Å². The SMILES string of the molecule is CC(C)(C)OC(=O)Nc1ccc2c(c1)C(=O)N[C@H](C(=O)O)C2. The number of nitrogens with one attached hydrogen (secondary N) is 2. The van der Waals surface area contributed by atoms with Gasteiger partial charge < -0.3 is 15.2 Å². The fraction of sp³-hybridized carbons (Fsp3) is 0.400. The molecule has 0 bridgehead atoms. The zero-order valence-electron chi connectivity index (χ0n) is 12.6. The largest absolute Gasteiger partial charge is 0.480 e. The van der Waals surface area contributed by atoms with Crippen molar-refractivity contribution < 1.29 is 24.2 Å². The lowest BCUT2D eigenvalue weighted by molar-refractivity contribution is -0.139. The van der Waals surface area contributed by atoms with E-state index < -0.39 is 29.6 Å². The number of carbonyl (C=O) groups excluding carboxylic acids is 2. The van der Waals surface area contributed by atoms with Crippen LogP contribution < -0.4 is 10.6 Å². The van der Waals surface area contributed by atoms with Gasteiger partial charge in [0, 0.05) is 17.7 Å². The van der Waals surface area contributed by atoms with Gasteiger partial charge in [0.05, 0.1) is 0 Å². The monoisotopic (exact) mass is 306 g/mol. The number of carbonyl (C=O) groups is 3. The average molecular weight is 306 g/mol. The molecule has 7 nitrogen and oxygen atoms in total. The minimum Gasteiger partial charge on any atom is -0.480 e. The van der Waals surface area contributed by atoms with Gasteiger partial charge in [-0.15, -0.1) is 0 Å². The number of benzene rings is 1. The number of fused-ring (bicyclic) bond motifs is 1. The number of hydrogen-bond donors (Lipinski definition) is 3. The zero-order valence-corrected chi connectivity index (χ0v) is 12.6. The lowest BCUT2D eigenvalue weighted by atomic mass is 9.95. The van der Waals surface area contributed by atoms with Crippen LogP contribution in [-0.4, -0.2) is 34.7 Å². The molecule has 7 heteroatoms. The van der Waals surface area contributed by atoms with Gasteiger partial charge in [0.1, 0.15) is 11.6 Å². The van der Waals surface area contributed by atoms with Crippen molar-refractivity contribution in [1.29, 1.82) is 0 Å². The highest BCUT2D eigenvalue weighted by molar-refractivity contribution is 6.01. The molecule has 0 aromatic heterocycles. The topological polar surface area (TPSA) is 105 Å². The number of amides is 2. The quantitative estimate of drug-likeness (QED) is 0.772. The molecule has 2 amide bonds. The Labute approximate surface area is 127 Å². The van der Waals surface area contributed by atoms with Gasteiger partial charge in [0.25, 0.3) is 5.91 Å². The Morgan fingerprint density at radius 3 is 2.64 bits per heavy atom. The van der Waals surface area contributed by atoms with Crippen molar-refractivity contribution in [2.24, 2.45) is 0 Å². The number of hydrogen-bond acceptors (Lipinski definition) is 4. The van der Waals surface area contributed by atoms with Crippen LogP contribution in [-0.2, 0) is 16.0 Å². The third-order valence-electron chi connectivity index (χ3n) is 3.03.